The molecule has 0 saturated carbocycles. The monoisotopic (exact) mass is 369 g/mol. The molecule has 3 rings (SSSR count). The van der Waals surface area contributed by atoms with E-state index in [-0.39, 0.29) is 11.6 Å². The predicted octanol–water partition coefficient (Wildman–Crippen LogP) is 4.25. The number of rotatable bonds is 6. The maximum Gasteiger partial charge on any atom is 0.337 e. The Balaban J connectivity index is 2.07. The molecule has 0 saturated heterocycles. The van der Waals surface area contributed by atoms with Gasteiger partial charge in [-0.1, -0.05) is 27.4 Å². The number of ether oxygens (including phenoxy) is 2. The normalized spacial score (nSPS) is 18.5. The van der Waals surface area contributed by atoms with E-state index in [4.69, 9.17) is 9.47 Å². The Labute approximate surface area is 160 Å². The van der Waals surface area contributed by atoms with E-state index < -0.39 is 5.97 Å². The summed E-state index contributed by atoms with van der Waals surface area (Å²) in [6.45, 7) is 10.9. The lowest BCUT2D eigenvalue weighted by Gasteiger charge is -2.40. The van der Waals surface area contributed by atoms with Crippen LogP contribution >= 0.6 is 0 Å². The lowest BCUT2D eigenvalue weighted by molar-refractivity contribution is -0.132. The van der Waals surface area contributed by atoms with E-state index in [1.165, 1.54) is 5.56 Å². The molecule has 2 heterocycles. The molecule has 0 bridgehead atoms. The van der Waals surface area contributed by atoms with E-state index in [0.29, 0.717) is 23.8 Å². The van der Waals surface area contributed by atoms with Gasteiger partial charge in [0.15, 0.2) is 11.5 Å². The Kier molecular flexibility index (Phi) is 5.31. The van der Waals surface area contributed by atoms with Crippen molar-refractivity contribution in [3.05, 3.63) is 53.3 Å². The highest BCUT2D eigenvalue weighted by Crippen LogP contribution is 2.43. The van der Waals surface area contributed by atoms with Crippen molar-refractivity contribution in [2.24, 2.45) is 5.92 Å². The van der Waals surface area contributed by atoms with Crippen molar-refractivity contribution in [1.82, 2.24) is 4.90 Å². The average Bonchev–Trinajstić information content (AvgIpc) is 2.64. The van der Waals surface area contributed by atoms with Gasteiger partial charge in [0.25, 0.3) is 0 Å². The number of allylic oxidation sites excluding steroid dienone is 1. The number of methoxy groups -OCH3 is 1. The second-order valence-electron chi connectivity index (χ2n) is 7.44. The Morgan fingerprint density at radius 1 is 1.37 bits per heavy atom. The molecule has 0 spiro atoms. The van der Waals surface area contributed by atoms with Gasteiger partial charge in [0.05, 0.1) is 19.3 Å². The molecule has 1 atom stereocenters. The Bertz CT molecular complexity index is 835. The van der Waals surface area contributed by atoms with Crippen molar-refractivity contribution < 1.29 is 19.4 Å². The SMILES string of the molecule is C=C1C=C2c3cc(OC)c(OCC(C)C)cc3CC(CC)N2C=C1C(=O)O. The van der Waals surface area contributed by atoms with Gasteiger partial charge in [-0.3, -0.25) is 0 Å². The number of fused-ring (bicyclic) bond motifs is 3. The second-order valence-corrected chi connectivity index (χ2v) is 7.44. The van der Waals surface area contributed by atoms with Gasteiger partial charge >= 0.3 is 5.97 Å². The molecule has 5 nitrogen and oxygen atoms in total. The van der Waals surface area contributed by atoms with Gasteiger partial charge in [-0.25, -0.2) is 4.79 Å². The number of hydrogen-bond donors (Lipinski definition) is 1. The van der Waals surface area contributed by atoms with Crippen molar-refractivity contribution in [2.75, 3.05) is 13.7 Å². The summed E-state index contributed by atoms with van der Waals surface area (Å²) in [6, 6.07) is 4.25. The molecule has 0 fully saturated rings. The quantitative estimate of drug-likeness (QED) is 0.812. The maximum absolute atomic E-state index is 11.5. The van der Waals surface area contributed by atoms with E-state index in [0.717, 1.165) is 29.9 Å². The van der Waals surface area contributed by atoms with E-state index in [9.17, 15) is 9.90 Å². The first-order valence-electron chi connectivity index (χ1n) is 9.34. The lowest BCUT2D eigenvalue weighted by atomic mass is 9.86. The van der Waals surface area contributed by atoms with Crippen molar-refractivity contribution >= 4 is 11.7 Å². The number of aliphatic carboxylic acids is 1. The molecule has 2 aliphatic heterocycles. The fourth-order valence-electron chi connectivity index (χ4n) is 3.55. The van der Waals surface area contributed by atoms with Crippen molar-refractivity contribution in [3.63, 3.8) is 0 Å². The smallest absolute Gasteiger partial charge is 0.337 e. The topological polar surface area (TPSA) is 59.0 Å². The van der Waals surface area contributed by atoms with Gasteiger partial charge in [0.1, 0.15) is 0 Å². The first-order chi connectivity index (χ1) is 12.8. The van der Waals surface area contributed by atoms with E-state index in [1.54, 1.807) is 13.3 Å². The third-order valence-electron chi connectivity index (χ3n) is 4.99. The summed E-state index contributed by atoms with van der Waals surface area (Å²) in [7, 11) is 1.63. The first kappa shape index (κ1) is 19.1. The zero-order chi connectivity index (χ0) is 19.7. The van der Waals surface area contributed by atoms with Crippen LogP contribution < -0.4 is 9.47 Å². The number of carboxylic acid groups (broad SMARTS) is 1. The molecule has 0 aliphatic carbocycles. The second kappa shape index (κ2) is 7.51. The highest BCUT2D eigenvalue weighted by Gasteiger charge is 2.32. The third kappa shape index (κ3) is 3.59. The molecule has 1 N–H and O–H groups in total. The number of carboxylic acids is 1. The van der Waals surface area contributed by atoms with Crippen LogP contribution in [0.1, 0.15) is 38.3 Å². The molecule has 144 valence electrons. The first-order valence-corrected chi connectivity index (χ1v) is 9.34. The number of nitrogens with zero attached hydrogens (tertiary/aromatic N) is 1. The summed E-state index contributed by atoms with van der Waals surface area (Å²) < 4.78 is 11.5. The largest absolute Gasteiger partial charge is 0.493 e. The zero-order valence-corrected chi connectivity index (χ0v) is 16.4. The van der Waals surface area contributed by atoms with Crippen LogP contribution in [-0.4, -0.2) is 35.7 Å². The van der Waals surface area contributed by atoms with Crippen molar-refractivity contribution in [1.29, 1.82) is 0 Å². The third-order valence-corrected chi connectivity index (χ3v) is 4.99. The number of hydrogen-bond acceptors (Lipinski definition) is 4. The number of benzene rings is 1. The van der Waals surface area contributed by atoms with Gasteiger partial charge < -0.3 is 19.5 Å². The lowest BCUT2D eigenvalue weighted by Crippen LogP contribution is -2.37. The fraction of sp³-hybridized carbons (Fsp3) is 0.409. The summed E-state index contributed by atoms with van der Waals surface area (Å²) in [5, 5.41) is 9.45. The molecule has 2 aliphatic rings. The van der Waals surface area contributed by atoms with Crippen LogP contribution in [0.5, 0.6) is 11.5 Å². The van der Waals surface area contributed by atoms with Gasteiger partial charge in [-0.15, -0.1) is 0 Å². The minimum Gasteiger partial charge on any atom is -0.493 e. The van der Waals surface area contributed by atoms with Crippen molar-refractivity contribution in [2.45, 2.75) is 39.7 Å². The van der Waals surface area contributed by atoms with Crippen LogP contribution in [0.2, 0.25) is 0 Å². The zero-order valence-electron chi connectivity index (χ0n) is 16.4. The van der Waals surface area contributed by atoms with Crippen LogP contribution in [0.25, 0.3) is 5.70 Å². The molecule has 1 aromatic carbocycles. The Hall–Kier alpha value is -2.69. The summed E-state index contributed by atoms with van der Waals surface area (Å²) in [4.78, 5) is 13.6. The minimum absolute atomic E-state index is 0.192. The molecule has 27 heavy (non-hydrogen) atoms. The number of carbonyl (C=O) groups is 1. The van der Waals surface area contributed by atoms with Crippen LogP contribution in [0.15, 0.2) is 42.1 Å². The van der Waals surface area contributed by atoms with Gasteiger partial charge in [-0.2, -0.15) is 0 Å². The van der Waals surface area contributed by atoms with Gasteiger partial charge in [-0.05, 0) is 48.1 Å². The van der Waals surface area contributed by atoms with Gasteiger partial charge in [0, 0.05) is 23.5 Å². The molecule has 5 heteroatoms. The summed E-state index contributed by atoms with van der Waals surface area (Å²) in [5.74, 6) is 0.911. The van der Waals surface area contributed by atoms with E-state index in [1.807, 2.05) is 12.1 Å². The van der Waals surface area contributed by atoms with E-state index in [2.05, 4.69) is 38.3 Å². The minimum atomic E-state index is -0.953. The molecular weight excluding hydrogens is 342 g/mol. The summed E-state index contributed by atoms with van der Waals surface area (Å²) >= 11 is 0. The molecule has 1 unspecified atom stereocenters. The summed E-state index contributed by atoms with van der Waals surface area (Å²) in [6.07, 6.45) is 5.30. The average molecular weight is 369 g/mol. The van der Waals surface area contributed by atoms with Crippen LogP contribution in [0.3, 0.4) is 0 Å². The van der Waals surface area contributed by atoms with E-state index >= 15 is 0 Å². The van der Waals surface area contributed by atoms with Crippen molar-refractivity contribution in [3.8, 4) is 11.5 Å². The molecule has 0 aromatic heterocycles. The van der Waals surface area contributed by atoms with Crippen LogP contribution in [-0.2, 0) is 11.2 Å². The summed E-state index contributed by atoms with van der Waals surface area (Å²) in [5.41, 5.74) is 3.94. The Morgan fingerprint density at radius 3 is 2.70 bits per heavy atom. The maximum atomic E-state index is 11.5. The fourth-order valence-corrected chi connectivity index (χ4v) is 3.55. The van der Waals surface area contributed by atoms with Crippen LogP contribution in [0.4, 0.5) is 0 Å². The Morgan fingerprint density at radius 2 is 2.11 bits per heavy atom. The molecule has 0 radical (unpaired) electrons. The van der Waals surface area contributed by atoms with Crippen LogP contribution in [0, 0.1) is 5.92 Å². The highest BCUT2D eigenvalue weighted by atomic mass is 16.5. The molecule has 1 aromatic rings. The standard InChI is InChI=1S/C22H27NO4/c1-6-16-8-15-9-21(27-12-13(2)3)20(26-5)10-17(15)19-7-14(4)18(22(24)25)11-23(16)19/h7,9-11,13,16H,4,6,8,12H2,1-3,5H3,(H,24,25). The highest BCUT2D eigenvalue weighted by molar-refractivity contribution is 5.95. The molecular formula is C22H27NO4. The van der Waals surface area contributed by atoms with Gasteiger partial charge in [0.2, 0.25) is 0 Å². The molecule has 0 amide bonds. The predicted molar refractivity (Wildman–Crippen MR) is 106 cm³/mol.